The van der Waals surface area contributed by atoms with E-state index in [9.17, 15) is 4.79 Å². The van der Waals surface area contributed by atoms with Gasteiger partial charge in [0.15, 0.2) is 0 Å². The molecule has 100 valence electrons. The van der Waals surface area contributed by atoms with Crippen molar-refractivity contribution < 1.29 is 4.79 Å². The van der Waals surface area contributed by atoms with Crippen LogP contribution in [0.3, 0.4) is 0 Å². The molecule has 2 heterocycles. The van der Waals surface area contributed by atoms with Gasteiger partial charge in [-0.1, -0.05) is 0 Å². The van der Waals surface area contributed by atoms with Crippen molar-refractivity contribution in [1.29, 1.82) is 0 Å². The van der Waals surface area contributed by atoms with Crippen molar-refractivity contribution in [2.75, 3.05) is 18.4 Å². The average Bonchev–Trinajstić information content (AvgIpc) is 2.93. The Kier molecular flexibility index (Phi) is 4.44. The highest BCUT2D eigenvalue weighted by Crippen LogP contribution is 2.10. The summed E-state index contributed by atoms with van der Waals surface area (Å²) in [4.78, 5) is 20.2. The second-order valence-corrected chi connectivity index (χ2v) is 3.87. The summed E-state index contributed by atoms with van der Waals surface area (Å²) in [6.45, 7) is 3.17. The number of H-pyrrole nitrogens is 1. The van der Waals surface area contributed by atoms with E-state index in [2.05, 4.69) is 30.8 Å². The monoisotopic (exact) mass is 260 g/mol. The van der Waals surface area contributed by atoms with Crippen molar-refractivity contribution in [3.63, 3.8) is 0 Å². The molecule has 0 fully saturated rings. The Morgan fingerprint density at radius 1 is 1.42 bits per heavy atom. The van der Waals surface area contributed by atoms with Gasteiger partial charge in [0.1, 0.15) is 18.0 Å². The van der Waals surface area contributed by atoms with Gasteiger partial charge in [0.05, 0.1) is 5.56 Å². The molecule has 0 aromatic carbocycles. The first kappa shape index (κ1) is 13.0. The predicted molar refractivity (Wildman–Crippen MR) is 70.8 cm³/mol. The standard InChI is InChI=1S/C12H16N6O/c1-2-13-11-9(4-3-6-14-11)12(19)15-7-5-10-16-8-17-18-10/h3-4,6,8H,2,5,7H2,1H3,(H,13,14)(H,15,19)(H,16,17,18). The Morgan fingerprint density at radius 2 is 2.32 bits per heavy atom. The van der Waals surface area contributed by atoms with Crippen LogP contribution in [0, 0.1) is 0 Å². The molecule has 0 atom stereocenters. The van der Waals surface area contributed by atoms with Gasteiger partial charge in [-0.15, -0.1) is 0 Å². The smallest absolute Gasteiger partial charge is 0.255 e. The van der Waals surface area contributed by atoms with Crippen LogP contribution in [0.1, 0.15) is 23.1 Å². The van der Waals surface area contributed by atoms with E-state index < -0.39 is 0 Å². The minimum absolute atomic E-state index is 0.149. The Bertz CT molecular complexity index is 525. The zero-order valence-corrected chi connectivity index (χ0v) is 10.7. The number of carbonyl (C=O) groups excluding carboxylic acids is 1. The summed E-state index contributed by atoms with van der Waals surface area (Å²) in [5.74, 6) is 1.20. The van der Waals surface area contributed by atoms with Gasteiger partial charge in [0.25, 0.3) is 5.91 Å². The lowest BCUT2D eigenvalue weighted by Crippen LogP contribution is -2.27. The highest BCUT2D eigenvalue weighted by Gasteiger charge is 2.11. The molecule has 3 N–H and O–H groups in total. The third-order valence-electron chi connectivity index (χ3n) is 2.51. The number of nitrogens with zero attached hydrogens (tertiary/aromatic N) is 3. The van der Waals surface area contributed by atoms with Crippen LogP contribution in [0.4, 0.5) is 5.82 Å². The SMILES string of the molecule is CCNc1ncccc1C(=O)NCCc1ncn[nH]1. The third kappa shape index (κ3) is 3.51. The predicted octanol–water partition coefficient (Wildman–Crippen LogP) is 0.604. The van der Waals surface area contributed by atoms with E-state index in [1.807, 2.05) is 6.92 Å². The highest BCUT2D eigenvalue weighted by atomic mass is 16.1. The maximum atomic E-state index is 12.0. The van der Waals surface area contributed by atoms with Crippen LogP contribution >= 0.6 is 0 Å². The molecule has 1 amide bonds. The highest BCUT2D eigenvalue weighted by molar-refractivity contribution is 5.98. The molecule has 0 saturated carbocycles. The minimum Gasteiger partial charge on any atom is -0.370 e. The lowest BCUT2D eigenvalue weighted by molar-refractivity contribution is 0.0954. The number of hydrogen-bond donors (Lipinski definition) is 3. The molecule has 2 aromatic rings. The van der Waals surface area contributed by atoms with E-state index in [0.717, 1.165) is 12.4 Å². The number of anilines is 1. The molecule has 0 bridgehead atoms. The summed E-state index contributed by atoms with van der Waals surface area (Å²) in [6, 6.07) is 3.49. The van der Waals surface area contributed by atoms with Gasteiger partial charge in [-0.3, -0.25) is 9.89 Å². The van der Waals surface area contributed by atoms with E-state index in [1.54, 1.807) is 18.3 Å². The first-order valence-corrected chi connectivity index (χ1v) is 6.12. The number of hydrogen-bond acceptors (Lipinski definition) is 5. The maximum Gasteiger partial charge on any atom is 0.255 e. The number of rotatable bonds is 6. The fourth-order valence-electron chi connectivity index (χ4n) is 1.64. The number of nitrogens with one attached hydrogen (secondary N) is 3. The van der Waals surface area contributed by atoms with Gasteiger partial charge in [-0.25, -0.2) is 9.97 Å². The number of pyridine rings is 1. The summed E-state index contributed by atoms with van der Waals surface area (Å²) in [7, 11) is 0. The number of aromatic nitrogens is 4. The van der Waals surface area contributed by atoms with Crippen LogP contribution in [0.15, 0.2) is 24.7 Å². The van der Waals surface area contributed by atoms with Gasteiger partial charge < -0.3 is 10.6 Å². The molecule has 0 saturated heterocycles. The summed E-state index contributed by atoms with van der Waals surface area (Å²) in [6.07, 6.45) is 3.72. The fraction of sp³-hybridized carbons (Fsp3) is 0.333. The van der Waals surface area contributed by atoms with E-state index in [0.29, 0.717) is 24.3 Å². The Balaban J connectivity index is 1.92. The molecule has 0 aliphatic rings. The van der Waals surface area contributed by atoms with Crippen molar-refractivity contribution in [3.05, 3.63) is 36.0 Å². The maximum absolute atomic E-state index is 12.0. The largest absolute Gasteiger partial charge is 0.370 e. The topological polar surface area (TPSA) is 95.6 Å². The molecule has 7 heteroatoms. The first-order valence-electron chi connectivity index (χ1n) is 6.12. The number of carbonyl (C=O) groups is 1. The lowest BCUT2D eigenvalue weighted by Gasteiger charge is -2.09. The summed E-state index contributed by atoms with van der Waals surface area (Å²) >= 11 is 0. The minimum atomic E-state index is -0.149. The molecule has 7 nitrogen and oxygen atoms in total. The van der Waals surface area contributed by atoms with Crippen molar-refractivity contribution in [2.45, 2.75) is 13.3 Å². The molecule has 2 rings (SSSR count). The van der Waals surface area contributed by atoms with Crippen LogP contribution in [0.2, 0.25) is 0 Å². The van der Waals surface area contributed by atoms with Crippen molar-refractivity contribution in [1.82, 2.24) is 25.5 Å². The first-order chi connectivity index (χ1) is 9.31. The number of aromatic amines is 1. The van der Waals surface area contributed by atoms with E-state index >= 15 is 0 Å². The summed E-state index contributed by atoms with van der Waals surface area (Å²) < 4.78 is 0. The molecular weight excluding hydrogens is 244 g/mol. The van der Waals surface area contributed by atoms with Gasteiger partial charge in [-0.05, 0) is 19.1 Å². The number of amides is 1. The van der Waals surface area contributed by atoms with Crippen molar-refractivity contribution in [3.8, 4) is 0 Å². The van der Waals surface area contributed by atoms with Crippen LogP contribution < -0.4 is 10.6 Å². The van der Waals surface area contributed by atoms with Crippen molar-refractivity contribution in [2.24, 2.45) is 0 Å². The summed E-state index contributed by atoms with van der Waals surface area (Å²) in [5, 5.41) is 12.4. The Labute approximate surface area is 110 Å². The molecule has 19 heavy (non-hydrogen) atoms. The molecule has 0 aliphatic carbocycles. The second kappa shape index (κ2) is 6.48. The van der Waals surface area contributed by atoms with Gasteiger partial charge >= 0.3 is 0 Å². The van der Waals surface area contributed by atoms with E-state index in [-0.39, 0.29) is 5.91 Å². The van der Waals surface area contributed by atoms with Gasteiger partial charge in [-0.2, -0.15) is 5.10 Å². The third-order valence-corrected chi connectivity index (χ3v) is 2.51. The fourth-order valence-corrected chi connectivity index (χ4v) is 1.64. The normalized spacial score (nSPS) is 10.2. The van der Waals surface area contributed by atoms with E-state index in [1.165, 1.54) is 6.33 Å². The molecule has 0 unspecified atom stereocenters. The average molecular weight is 260 g/mol. The van der Waals surface area contributed by atoms with Crippen LogP contribution in [0.5, 0.6) is 0 Å². The van der Waals surface area contributed by atoms with Crippen LogP contribution in [0.25, 0.3) is 0 Å². The molecule has 2 aromatic heterocycles. The lowest BCUT2D eigenvalue weighted by atomic mass is 10.2. The van der Waals surface area contributed by atoms with Crippen LogP contribution in [-0.2, 0) is 6.42 Å². The zero-order chi connectivity index (χ0) is 13.5. The van der Waals surface area contributed by atoms with Crippen LogP contribution in [-0.4, -0.2) is 39.2 Å². The second-order valence-electron chi connectivity index (χ2n) is 3.87. The Morgan fingerprint density at radius 3 is 3.05 bits per heavy atom. The van der Waals surface area contributed by atoms with Crippen molar-refractivity contribution >= 4 is 11.7 Å². The zero-order valence-electron chi connectivity index (χ0n) is 10.7. The van der Waals surface area contributed by atoms with E-state index in [4.69, 9.17) is 0 Å². The molecule has 0 aliphatic heterocycles. The van der Waals surface area contributed by atoms with Gasteiger partial charge in [0, 0.05) is 25.7 Å². The molecular formula is C12H16N6O. The molecule has 0 radical (unpaired) electrons. The quantitative estimate of drug-likeness (QED) is 0.707. The summed E-state index contributed by atoms with van der Waals surface area (Å²) in [5.41, 5.74) is 0.543. The van der Waals surface area contributed by atoms with Gasteiger partial charge in [0.2, 0.25) is 0 Å². The molecule has 0 spiro atoms. The Hall–Kier alpha value is -2.44.